The average Bonchev–Trinajstić information content (AvgIpc) is 3.27. The molecule has 0 amide bonds. The van der Waals surface area contributed by atoms with E-state index in [4.69, 9.17) is 16.0 Å². The van der Waals surface area contributed by atoms with E-state index in [0.29, 0.717) is 10.6 Å². The normalized spacial score (nSPS) is 15.8. The lowest BCUT2D eigenvalue weighted by Gasteiger charge is -2.35. The van der Waals surface area contributed by atoms with Crippen molar-refractivity contribution < 1.29 is 12.8 Å². The zero-order chi connectivity index (χ0) is 23.4. The highest BCUT2D eigenvalue weighted by Gasteiger charge is 2.30. The molecule has 1 unspecified atom stereocenters. The van der Waals surface area contributed by atoms with E-state index < -0.39 is 15.1 Å². The van der Waals surface area contributed by atoms with E-state index in [9.17, 15) is 13.7 Å². The van der Waals surface area contributed by atoms with Gasteiger partial charge in [-0.2, -0.15) is 10.2 Å². The topological polar surface area (TPSA) is 99.2 Å². The fraction of sp³-hybridized carbons (Fsp3) is 0.333. The van der Waals surface area contributed by atoms with Crippen molar-refractivity contribution in [2.75, 3.05) is 19.6 Å². The van der Waals surface area contributed by atoms with Crippen molar-refractivity contribution in [3.63, 3.8) is 0 Å². The average molecular weight is 485 g/mol. The van der Waals surface area contributed by atoms with Crippen molar-refractivity contribution in [1.29, 1.82) is 5.26 Å². The van der Waals surface area contributed by atoms with Gasteiger partial charge in [0.05, 0.1) is 0 Å². The van der Waals surface area contributed by atoms with Crippen LogP contribution in [0.25, 0.3) is 11.5 Å². The van der Waals surface area contributed by atoms with E-state index in [1.807, 2.05) is 37.3 Å². The highest BCUT2D eigenvalue weighted by molar-refractivity contribution is 7.89. The van der Waals surface area contributed by atoms with Gasteiger partial charge in [-0.3, -0.25) is 4.90 Å². The first-order chi connectivity index (χ1) is 15.9. The number of nitrogens with zero attached hydrogens (tertiary/aromatic N) is 3. The smallest absolute Gasteiger partial charge is 0.277 e. The molecule has 4 rings (SSSR count). The van der Waals surface area contributed by atoms with Crippen LogP contribution in [0.5, 0.6) is 0 Å². The summed E-state index contributed by atoms with van der Waals surface area (Å²) in [5.41, 5.74) is 2.36. The van der Waals surface area contributed by atoms with E-state index in [1.165, 1.54) is 6.42 Å². The van der Waals surface area contributed by atoms with Gasteiger partial charge in [-0.05, 0) is 62.7 Å². The molecule has 1 N–H and O–H groups in total. The number of sulfonamides is 1. The van der Waals surface area contributed by atoms with Gasteiger partial charge >= 0.3 is 0 Å². The summed E-state index contributed by atoms with van der Waals surface area (Å²) in [7, 11) is -4.10. The first-order valence-corrected chi connectivity index (χ1v) is 12.7. The van der Waals surface area contributed by atoms with Gasteiger partial charge < -0.3 is 4.42 Å². The minimum Gasteiger partial charge on any atom is -0.422 e. The zero-order valence-electron chi connectivity index (χ0n) is 18.3. The Bertz CT molecular complexity index is 1240. The molecule has 1 atom stereocenters. The lowest BCUT2D eigenvalue weighted by molar-refractivity contribution is 0.164. The molecule has 0 bridgehead atoms. The Hall–Kier alpha value is -2.70. The molecule has 1 aliphatic rings. The monoisotopic (exact) mass is 484 g/mol. The fourth-order valence-electron chi connectivity index (χ4n) is 4.01. The molecule has 0 aliphatic carbocycles. The summed E-state index contributed by atoms with van der Waals surface area (Å²) in [5, 5.41) is 9.65. The maximum atomic E-state index is 13.1. The lowest BCUT2D eigenvalue weighted by atomic mass is 10.0. The van der Waals surface area contributed by atoms with Crippen molar-refractivity contribution in [2.24, 2.45) is 0 Å². The molecule has 172 valence electrons. The Morgan fingerprint density at radius 2 is 1.79 bits per heavy atom. The summed E-state index contributed by atoms with van der Waals surface area (Å²) >= 11 is 6.05. The van der Waals surface area contributed by atoms with Gasteiger partial charge in [-0.25, -0.2) is 13.1 Å². The Morgan fingerprint density at radius 3 is 2.42 bits per heavy atom. The predicted molar refractivity (Wildman–Crippen MR) is 126 cm³/mol. The number of aromatic nitrogens is 1. The molecule has 0 spiro atoms. The number of hydrogen-bond donors (Lipinski definition) is 1. The summed E-state index contributed by atoms with van der Waals surface area (Å²) < 4.78 is 34.5. The van der Waals surface area contributed by atoms with Crippen LogP contribution in [0.2, 0.25) is 5.02 Å². The minimum absolute atomic E-state index is 0.0946. The van der Waals surface area contributed by atoms with Crippen molar-refractivity contribution in [2.45, 2.75) is 37.3 Å². The van der Waals surface area contributed by atoms with Gasteiger partial charge in [0.25, 0.3) is 15.1 Å². The van der Waals surface area contributed by atoms with Crippen molar-refractivity contribution in [3.8, 4) is 17.5 Å². The molecule has 9 heteroatoms. The van der Waals surface area contributed by atoms with Gasteiger partial charge in [0.2, 0.25) is 5.89 Å². The third-order valence-electron chi connectivity index (χ3n) is 5.80. The summed E-state index contributed by atoms with van der Waals surface area (Å²) in [4.78, 5) is 6.38. The second kappa shape index (κ2) is 10.1. The number of nitrogens with one attached hydrogen (secondary N) is 1. The summed E-state index contributed by atoms with van der Waals surface area (Å²) in [5.74, 6) is 0.0946. The quantitative estimate of drug-likeness (QED) is 0.522. The molecular weight excluding hydrogens is 460 g/mol. The first kappa shape index (κ1) is 23.5. The van der Waals surface area contributed by atoms with Gasteiger partial charge in [0.15, 0.2) is 5.69 Å². The van der Waals surface area contributed by atoms with E-state index in [0.717, 1.165) is 37.1 Å². The maximum Gasteiger partial charge on any atom is 0.277 e. The molecule has 3 aromatic rings. The number of aryl methyl sites for hydroxylation is 1. The molecule has 7 nitrogen and oxygen atoms in total. The number of likely N-dealkylation sites (tertiary alicyclic amines) is 1. The Labute approximate surface area is 199 Å². The Kier molecular flexibility index (Phi) is 7.15. The van der Waals surface area contributed by atoms with Crippen LogP contribution in [0, 0.1) is 18.3 Å². The second-order valence-corrected chi connectivity index (χ2v) is 10.3. The summed E-state index contributed by atoms with van der Waals surface area (Å²) in [6.07, 6.45) is 3.30. The van der Waals surface area contributed by atoms with Crippen LogP contribution < -0.4 is 4.72 Å². The van der Waals surface area contributed by atoms with E-state index in [2.05, 4.69) is 14.6 Å². The van der Waals surface area contributed by atoms with Crippen molar-refractivity contribution in [1.82, 2.24) is 14.6 Å². The van der Waals surface area contributed by atoms with Gasteiger partial charge in [-0.1, -0.05) is 47.9 Å². The number of halogens is 1. The standard InChI is InChI=1S/C24H25ClN4O3S/c1-17-5-7-19(8-6-17)23-28-21(15-26)24(32-23)33(30,31)27-16-22(29-13-3-2-4-14-29)18-9-11-20(25)12-10-18/h5-12,22,27H,2-4,13-14,16H2,1H3. The Balaban J connectivity index is 1.59. The van der Waals surface area contributed by atoms with E-state index >= 15 is 0 Å². The molecule has 1 saturated heterocycles. The van der Waals surface area contributed by atoms with Crippen LogP contribution in [-0.4, -0.2) is 37.9 Å². The third kappa shape index (κ3) is 5.45. The number of hydrogen-bond acceptors (Lipinski definition) is 6. The molecule has 0 radical (unpaired) electrons. The first-order valence-electron chi connectivity index (χ1n) is 10.8. The number of piperidine rings is 1. The van der Waals surface area contributed by atoms with E-state index in [-0.39, 0.29) is 24.2 Å². The van der Waals surface area contributed by atoms with Crippen LogP contribution in [-0.2, 0) is 10.0 Å². The molecule has 33 heavy (non-hydrogen) atoms. The second-order valence-electron chi connectivity index (χ2n) is 8.15. The van der Waals surface area contributed by atoms with Gasteiger partial charge in [0.1, 0.15) is 6.07 Å². The van der Waals surface area contributed by atoms with Crippen LogP contribution in [0.3, 0.4) is 0 Å². The minimum atomic E-state index is -4.10. The largest absolute Gasteiger partial charge is 0.422 e. The maximum absolute atomic E-state index is 13.1. The molecule has 0 saturated carbocycles. The molecule has 1 aliphatic heterocycles. The molecule has 1 aromatic heterocycles. The van der Waals surface area contributed by atoms with Crippen LogP contribution >= 0.6 is 11.6 Å². The highest BCUT2D eigenvalue weighted by Crippen LogP contribution is 2.28. The van der Waals surface area contributed by atoms with Gasteiger partial charge in [0, 0.05) is 23.2 Å². The zero-order valence-corrected chi connectivity index (χ0v) is 19.9. The van der Waals surface area contributed by atoms with Crippen molar-refractivity contribution >= 4 is 21.6 Å². The molecule has 2 aromatic carbocycles. The summed E-state index contributed by atoms with van der Waals surface area (Å²) in [6, 6.07) is 16.4. The van der Waals surface area contributed by atoms with Crippen molar-refractivity contribution in [3.05, 3.63) is 70.4 Å². The summed E-state index contributed by atoms with van der Waals surface area (Å²) in [6.45, 7) is 3.85. The SMILES string of the molecule is Cc1ccc(-c2nc(C#N)c(S(=O)(=O)NCC(c3ccc(Cl)cc3)N3CCCCC3)o2)cc1. The van der Waals surface area contributed by atoms with Crippen LogP contribution in [0.1, 0.15) is 42.1 Å². The van der Waals surface area contributed by atoms with E-state index in [1.54, 1.807) is 24.3 Å². The Morgan fingerprint density at radius 1 is 1.12 bits per heavy atom. The lowest BCUT2D eigenvalue weighted by Crippen LogP contribution is -2.40. The number of nitriles is 1. The van der Waals surface area contributed by atoms with Gasteiger partial charge in [-0.15, -0.1) is 0 Å². The highest BCUT2D eigenvalue weighted by atomic mass is 35.5. The fourth-order valence-corrected chi connectivity index (χ4v) is 5.17. The third-order valence-corrected chi connectivity index (χ3v) is 7.36. The molecular formula is C24H25ClN4O3S. The molecule has 1 fully saturated rings. The predicted octanol–water partition coefficient (Wildman–Crippen LogP) is 4.68. The number of oxazole rings is 1. The number of rotatable bonds is 7. The number of benzene rings is 2. The van der Waals surface area contributed by atoms with Crippen LogP contribution in [0.4, 0.5) is 0 Å². The molecule has 2 heterocycles. The van der Waals surface area contributed by atoms with Crippen LogP contribution in [0.15, 0.2) is 58.0 Å².